The van der Waals surface area contributed by atoms with Gasteiger partial charge in [-0.15, -0.1) is 0 Å². The summed E-state index contributed by atoms with van der Waals surface area (Å²) in [6.07, 6.45) is 6.77. The van der Waals surface area contributed by atoms with E-state index < -0.39 is 0 Å². The molecule has 2 aliphatic rings. The van der Waals surface area contributed by atoms with E-state index in [0.717, 1.165) is 17.6 Å². The lowest BCUT2D eigenvalue weighted by Crippen LogP contribution is -2.41. The molecule has 3 heterocycles. The molecule has 140 valence electrons. The van der Waals surface area contributed by atoms with E-state index >= 15 is 0 Å². The number of hydrogen-bond acceptors (Lipinski definition) is 4. The van der Waals surface area contributed by atoms with Crippen LogP contribution in [0.15, 0.2) is 22.8 Å². The first-order valence-electron chi connectivity index (χ1n) is 9.70. The van der Waals surface area contributed by atoms with Crippen LogP contribution in [0.1, 0.15) is 49.5 Å². The Labute approximate surface area is 153 Å². The quantitative estimate of drug-likeness (QED) is 0.768. The van der Waals surface area contributed by atoms with Gasteiger partial charge in [-0.25, -0.2) is 0 Å². The van der Waals surface area contributed by atoms with Crippen LogP contribution in [0.4, 0.5) is 0 Å². The molecular weight excluding hydrogens is 332 g/mol. The number of piperidine rings is 1. The maximum Gasteiger partial charge on any atom is 0.309 e. The lowest BCUT2D eigenvalue weighted by Gasteiger charge is -2.32. The summed E-state index contributed by atoms with van der Waals surface area (Å²) in [6.45, 7) is 4.30. The summed E-state index contributed by atoms with van der Waals surface area (Å²) in [4.78, 5) is 26.9. The highest BCUT2D eigenvalue weighted by molar-refractivity contribution is 5.97. The van der Waals surface area contributed by atoms with Crippen LogP contribution in [0, 0.1) is 11.8 Å². The van der Waals surface area contributed by atoms with Gasteiger partial charge in [0.25, 0.3) is 5.91 Å². The minimum Gasteiger partial charge on any atom is -0.466 e. The largest absolute Gasteiger partial charge is 0.466 e. The van der Waals surface area contributed by atoms with Gasteiger partial charge in [-0.3, -0.25) is 9.59 Å². The summed E-state index contributed by atoms with van der Waals surface area (Å²) < 4.78 is 12.8. The molecule has 2 fully saturated rings. The Morgan fingerprint density at radius 1 is 1.23 bits per heavy atom. The zero-order valence-corrected chi connectivity index (χ0v) is 15.3. The molecule has 0 bridgehead atoms. The molecule has 0 aromatic carbocycles. The molecule has 2 aromatic rings. The van der Waals surface area contributed by atoms with E-state index in [1.165, 1.54) is 19.3 Å². The summed E-state index contributed by atoms with van der Waals surface area (Å²) >= 11 is 0. The van der Waals surface area contributed by atoms with Crippen molar-refractivity contribution in [1.82, 2.24) is 9.47 Å². The average Bonchev–Trinajstić information content (AvgIpc) is 3.19. The second-order valence-electron chi connectivity index (χ2n) is 7.43. The number of carbonyl (C=O) groups is 2. The van der Waals surface area contributed by atoms with Crippen LogP contribution in [0.5, 0.6) is 0 Å². The summed E-state index contributed by atoms with van der Waals surface area (Å²) in [7, 11) is 0. The van der Waals surface area contributed by atoms with Crippen LogP contribution in [-0.2, 0) is 16.1 Å². The van der Waals surface area contributed by atoms with Gasteiger partial charge in [0, 0.05) is 31.8 Å². The predicted molar refractivity (Wildman–Crippen MR) is 96.8 cm³/mol. The lowest BCUT2D eigenvalue weighted by molar-refractivity contribution is -0.149. The summed E-state index contributed by atoms with van der Waals surface area (Å²) in [5.74, 6) is 0.474. The van der Waals surface area contributed by atoms with Crippen molar-refractivity contribution in [3.8, 4) is 0 Å². The smallest absolute Gasteiger partial charge is 0.309 e. The van der Waals surface area contributed by atoms with Crippen LogP contribution in [0.25, 0.3) is 11.1 Å². The third kappa shape index (κ3) is 3.13. The fourth-order valence-electron chi connectivity index (χ4n) is 4.02. The van der Waals surface area contributed by atoms with Crippen LogP contribution in [-0.4, -0.2) is 41.0 Å². The lowest BCUT2D eigenvalue weighted by atomic mass is 9.85. The van der Waals surface area contributed by atoms with E-state index in [0.29, 0.717) is 44.1 Å². The molecule has 2 aromatic heterocycles. The molecule has 0 spiro atoms. The first kappa shape index (κ1) is 17.2. The number of ether oxygens (including phenoxy) is 1. The molecule has 1 saturated carbocycles. The Bertz CT molecular complexity index is 794. The third-order valence-corrected chi connectivity index (χ3v) is 5.81. The number of hydrogen-bond donors (Lipinski definition) is 0. The summed E-state index contributed by atoms with van der Waals surface area (Å²) in [6, 6.07) is 3.81. The van der Waals surface area contributed by atoms with Crippen molar-refractivity contribution in [2.24, 2.45) is 11.8 Å². The number of fused-ring (bicyclic) bond motifs is 1. The van der Waals surface area contributed by atoms with Crippen molar-refractivity contribution in [2.75, 3.05) is 19.7 Å². The first-order chi connectivity index (χ1) is 12.7. The second kappa shape index (κ2) is 7.17. The SMILES string of the molecule is CCOC(=O)C1CCN(C(=O)c2cc3occc3n2CC2CCC2)CC1. The summed E-state index contributed by atoms with van der Waals surface area (Å²) in [5.41, 5.74) is 2.48. The molecule has 26 heavy (non-hydrogen) atoms. The summed E-state index contributed by atoms with van der Waals surface area (Å²) in [5, 5.41) is 0. The Balaban J connectivity index is 1.49. The minimum atomic E-state index is -0.134. The van der Waals surface area contributed by atoms with E-state index in [-0.39, 0.29) is 17.8 Å². The zero-order valence-electron chi connectivity index (χ0n) is 15.3. The number of esters is 1. The van der Waals surface area contributed by atoms with E-state index in [1.807, 2.05) is 24.0 Å². The zero-order chi connectivity index (χ0) is 18.1. The monoisotopic (exact) mass is 358 g/mol. The number of likely N-dealkylation sites (tertiary alicyclic amines) is 1. The maximum absolute atomic E-state index is 13.1. The molecule has 1 aliphatic heterocycles. The van der Waals surface area contributed by atoms with Crippen molar-refractivity contribution in [3.05, 3.63) is 24.1 Å². The fraction of sp³-hybridized carbons (Fsp3) is 0.600. The van der Waals surface area contributed by atoms with Gasteiger partial charge in [-0.1, -0.05) is 6.42 Å². The van der Waals surface area contributed by atoms with Gasteiger partial charge in [0.05, 0.1) is 24.3 Å². The first-order valence-corrected chi connectivity index (χ1v) is 9.70. The molecule has 1 saturated heterocycles. The van der Waals surface area contributed by atoms with Gasteiger partial charge in [0.15, 0.2) is 5.58 Å². The van der Waals surface area contributed by atoms with E-state index in [4.69, 9.17) is 9.15 Å². The number of amides is 1. The van der Waals surface area contributed by atoms with Crippen LogP contribution in [0.3, 0.4) is 0 Å². The van der Waals surface area contributed by atoms with E-state index in [9.17, 15) is 9.59 Å². The fourth-order valence-corrected chi connectivity index (χ4v) is 4.02. The molecule has 0 atom stereocenters. The molecule has 6 heteroatoms. The van der Waals surface area contributed by atoms with E-state index in [1.54, 1.807) is 6.26 Å². The number of nitrogens with zero attached hydrogens (tertiary/aromatic N) is 2. The molecule has 0 radical (unpaired) electrons. The molecule has 0 N–H and O–H groups in total. The van der Waals surface area contributed by atoms with Gasteiger partial charge < -0.3 is 18.6 Å². The highest BCUT2D eigenvalue weighted by atomic mass is 16.5. The van der Waals surface area contributed by atoms with Gasteiger partial charge in [-0.05, 0) is 38.5 Å². The van der Waals surface area contributed by atoms with E-state index in [2.05, 4.69) is 4.57 Å². The average molecular weight is 358 g/mol. The number of rotatable bonds is 5. The van der Waals surface area contributed by atoms with Crippen molar-refractivity contribution in [1.29, 1.82) is 0 Å². The molecule has 1 amide bonds. The Morgan fingerprint density at radius 3 is 2.65 bits per heavy atom. The van der Waals surface area contributed by atoms with Gasteiger partial charge in [0.1, 0.15) is 5.69 Å². The second-order valence-corrected chi connectivity index (χ2v) is 7.43. The van der Waals surface area contributed by atoms with Crippen LogP contribution >= 0.6 is 0 Å². The van der Waals surface area contributed by atoms with Crippen molar-refractivity contribution in [3.63, 3.8) is 0 Å². The molecule has 6 nitrogen and oxygen atoms in total. The van der Waals surface area contributed by atoms with Crippen molar-refractivity contribution >= 4 is 23.0 Å². The van der Waals surface area contributed by atoms with Crippen LogP contribution in [0.2, 0.25) is 0 Å². The third-order valence-electron chi connectivity index (χ3n) is 5.81. The van der Waals surface area contributed by atoms with Gasteiger partial charge >= 0.3 is 5.97 Å². The number of carbonyl (C=O) groups excluding carboxylic acids is 2. The Morgan fingerprint density at radius 2 is 2.00 bits per heavy atom. The Hall–Kier alpha value is -2.24. The van der Waals surface area contributed by atoms with Crippen molar-refractivity contribution < 1.29 is 18.7 Å². The van der Waals surface area contributed by atoms with Crippen molar-refractivity contribution in [2.45, 2.75) is 45.6 Å². The standard InChI is InChI=1S/C20H26N2O4/c1-2-25-20(24)15-6-9-21(10-7-15)19(23)17-12-18-16(8-11-26-18)22(17)13-14-4-3-5-14/h8,11-12,14-15H,2-7,9-10,13H2,1H3. The van der Waals surface area contributed by atoms with Gasteiger partial charge in [-0.2, -0.15) is 0 Å². The van der Waals surface area contributed by atoms with Gasteiger partial charge in [0.2, 0.25) is 0 Å². The van der Waals surface area contributed by atoms with Crippen LogP contribution < -0.4 is 0 Å². The minimum absolute atomic E-state index is 0.0398. The Kier molecular flexibility index (Phi) is 4.74. The molecule has 0 unspecified atom stereocenters. The number of furan rings is 1. The normalized spacial score (nSPS) is 18.9. The predicted octanol–water partition coefficient (Wildman–Crippen LogP) is 3.45. The highest BCUT2D eigenvalue weighted by Crippen LogP contribution is 2.32. The maximum atomic E-state index is 13.1. The molecule has 1 aliphatic carbocycles. The highest BCUT2D eigenvalue weighted by Gasteiger charge is 2.31. The molecular formula is C20H26N2O4. The molecule has 4 rings (SSSR count). The number of aromatic nitrogens is 1. The topological polar surface area (TPSA) is 64.7 Å².